The van der Waals surface area contributed by atoms with E-state index in [2.05, 4.69) is 19.9 Å². The molecule has 0 spiro atoms. The highest BCUT2D eigenvalue weighted by atomic mass is 16.5. The molecule has 0 bridgehead atoms. The molecule has 0 aliphatic rings. The van der Waals surface area contributed by atoms with Gasteiger partial charge in [0.15, 0.2) is 11.5 Å². The number of nitrogens with one attached hydrogen (secondary N) is 1. The van der Waals surface area contributed by atoms with E-state index in [9.17, 15) is 9.59 Å². The predicted octanol–water partition coefficient (Wildman–Crippen LogP) is 1.70. The summed E-state index contributed by atoms with van der Waals surface area (Å²) in [6.07, 6.45) is 2.98. The number of aryl methyl sites for hydroxylation is 1. The molecule has 1 amide bonds. The van der Waals surface area contributed by atoms with Crippen molar-refractivity contribution in [3.8, 4) is 11.5 Å². The maximum Gasteiger partial charge on any atom is 0.274 e. The highest BCUT2D eigenvalue weighted by molar-refractivity contribution is 5.92. The highest BCUT2D eigenvalue weighted by Crippen LogP contribution is 2.29. The second-order valence-corrected chi connectivity index (χ2v) is 6.10. The van der Waals surface area contributed by atoms with Crippen LogP contribution in [0.4, 0.5) is 0 Å². The van der Waals surface area contributed by atoms with Crippen LogP contribution < -0.4 is 15.0 Å². The molecule has 2 heterocycles. The summed E-state index contributed by atoms with van der Waals surface area (Å²) in [5, 5.41) is 0.375. The Kier molecular flexibility index (Phi) is 5.53. The van der Waals surface area contributed by atoms with Crippen molar-refractivity contribution in [2.45, 2.75) is 20.4 Å². The Morgan fingerprint density at radius 3 is 2.46 bits per heavy atom. The van der Waals surface area contributed by atoms with Gasteiger partial charge in [0.25, 0.3) is 11.5 Å². The molecule has 1 N–H and O–H groups in total. The molecular weight excluding hydrogens is 362 g/mol. The van der Waals surface area contributed by atoms with Gasteiger partial charge in [-0.05, 0) is 19.9 Å². The summed E-state index contributed by atoms with van der Waals surface area (Å²) >= 11 is 0. The fourth-order valence-corrected chi connectivity index (χ4v) is 2.76. The monoisotopic (exact) mass is 383 g/mol. The third-order valence-electron chi connectivity index (χ3n) is 4.27. The quantitative estimate of drug-likeness (QED) is 0.690. The first kappa shape index (κ1) is 19.3. The number of carbonyl (C=O) groups excluding carboxylic acids is 1. The largest absolute Gasteiger partial charge is 0.493 e. The molecule has 3 rings (SSSR count). The Morgan fingerprint density at radius 2 is 1.86 bits per heavy atom. The van der Waals surface area contributed by atoms with E-state index < -0.39 is 0 Å². The number of benzene rings is 1. The van der Waals surface area contributed by atoms with Crippen molar-refractivity contribution in [3.63, 3.8) is 0 Å². The molecule has 3 aromatic rings. The van der Waals surface area contributed by atoms with Crippen molar-refractivity contribution < 1.29 is 14.3 Å². The number of ether oxygens (including phenoxy) is 2. The lowest BCUT2D eigenvalue weighted by Crippen LogP contribution is -2.32. The summed E-state index contributed by atoms with van der Waals surface area (Å²) in [5.74, 6) is 0.987. The van der Waals surface area contributed by atoms with E-state index in [-0.39, 0.29) is 23.7 Å². The van der Waals surface area contributed by atoms with Crippen LogP contribution in [0.5, 0.6) is 11.5 Å². The second kappa shape index (κ2) is 8.03. The van der Waals surface area contributed by atoms with Crippen LogP contribution in [-0.4, -0.2) is 51.5 Å². The first-order valence-electron chi connectivity index (χ1n) is 8.69. The van der Waals surface area contributed by atoms with Crippen molar-refractivity contribution in [3.05, 3.63) is 52.1 Å². The fraction of sp³-hybridized carbons (Fsp3) is 0.316. The Bertz CT molecular complexity index is 1060. The highest BCUT2D eigenvalue weighted by Gasteiger charge is 2.18. The fourth-order valence-electron chi connectivity index (χ4n) is 2.76. The number of H-pyrrole nitrogens is 1. The molecule has 9 nitrogen and oxygen atoms in total. The predicted molar refractivity (Wildman–Crippen MR) is 103 cm³/mol. The number of nitrogens with zero attached hydrogens (tertiary/aromatic N) is 4. The van der Waals surface area contributed by atoms with Crippen molar-refractivity contribution in [2.75, 3.05) is 20.8 Å². The van der Waals surface area contributed by atoms with Gasteiger partial charge in [-0.2, -0.15) is 0 Å². The minimum absolute atomic E-state index is 0.129. The van der Waals surface area contributed by atoms with Gasteiger partial charge in [-0.1, -0.05) is 0 Å². The summed E-state index contributed by atoms with van der Waals surface area (Å²) in [4.78, 5) is 42.1. The van der Waals surface area contributed by atoms with Crippen LogP contribution in [0.3, 0.4) is 0 Å². The topological polar surface area (TPSA) is 110 Å². The molecule has 0 fully saturated rings. The van der Waals surface area contributed by atoms with Crippen molar-refractivity contribution in [1.82, 2.24) is 24.8 Å². The normalized spacial score (nSPS) is 10.7. The summed E-state index contributed by atoms with van der Waals surface area (Å²) in [6, 6.07) is 3.21. The van der Waals surface area contributed by atoms with Crippen LogP contribution >= 0.6 is 0 Å². The van der Waals surface area contributed by atoms with Crippen molar-refractivity contribution >= 4 is 16.8 Å². The van der Waals surface area contributed by atoms with Crippen LogP contribution in [0, 0.1) is 6.92 Å². The van der Waals surface area contributed by atoms with Crippen LogP contribution in [0.2, 0.25) is 0 Å². The number of aromatic nitrogens is 4. The van der Waals surface area contributed by atoms with Gasteiger partial charge in [-0.15, -0.1) is 0 Å². The maximum atomic E-state index is 12.7. The van der Waals surface area contributed by atoms with E-state index in [1.807, 2.05) is 6.92 Å². The van der Waals surface area contributed by atoms with Gasteiger partial charge in [0.2, 0.25) is 0 Å². The third-order valence-corrected chi connectivity index (χ3v) is 4.27. The molecule has 0 atom stereocenters. The molecule has 0 unspecified atom stereocenters. The van der Waals surface area contributed by atoms with E-state index >= 15 is 0 Å². The molecule has 28 heavy (non-hydrogen) atoms. The van der Waals surface area contributed by atoms with Gasteiger partial charge in [0.1, 0.15) is 11.5 Å². The summed E-state index contributed by atoms with van der Waals surface area (Å²) in [5.41, 5.74) is 1.10. The molecule has 0 aliphatic carbocycles. The van der Waals surface area contributed by atoms with Crippen LogP contribution in [0.25, 0.3) is 10.9 Å². The zero-order valence-corrected chi connectivity index (χ0v) is 16.1. The van der Waals surface area contributed by atoms with Gasteiger partial charge >= 0.3 is 0 Å². The molecule has 2 aromatic heterocycles. The van der Waals surface area contributed by atoms with Crippen LogP contribution in [0.15, 0.2) is 29.3 Å². The van der Waals surface area contributed by atoms with Crippen LogP contribution in [0.1, 0.15) is 28.9 Å². The van der Waals surface area contributed by atoms with Crippen molar-refractivity contribution in [2.24, 2.45) is 0 Å². The molecule has 0 saturated heterocycles. The average molecular weight is 383 g/mol. The average Bonchev–Trinajstić information content (AvgIpc) is 2.71. The minimum Gasteiger partial charge on any atom is -0.493 e. The van der Waals surface area contributed by atoms with Gasteiger partial charge in [-0.25, -0.2) is 9.97 Å². The van der Waals surface area contributed by atoms with E-state index in [0.29, 0.717) is 34.8 Å². The second-order valence-electron chi connectivity index (χ2n) is 6.10. The van der Waals surface area contributed by atoms with E-state index in [1.165, 1.54) is 31.5 Å². The van der Waals surface area contributed by atoms with Gasteiger partial charge in [0, 0.05) is 18.8 Å². The molecule has 1 aromatic carbocycles. The number of rotatable bonds is 6. The van der Waals surface area contributed by atoms with E-state index in [1.54, 1.807) is 19.1 Å². The lowest BCUT2D eigenvalue weighted by Gasteiger charge is -2.20. The first-order valence-corrected chi connectivity index (χ1v) is 8.69. The first-order chi connectivity index (χ1) is 13.5. The van der Waals surface area contributed by atoms with Gasteiger partial charge in [-0.3, -0.25) is 14.6 Å². The SMILES string of the molecule is CCN(Cc1nc2cc(OC)c(OC)cc2c(=O)[nH]1)C(=O)c1cnc(C)cn1. The van der Waals surface area contributed by atoms with E-state index in [4.69, 9.17) is 9.47 Å². The van der Waals surface area contributed by atoms with Crippen LogP contribution in [-0.2, 0) is 6.54 Å². The number of fused-ring (bicyclic) bond motifs is 1. The summed E-state index contributed by atoms with van der Waals surface area (Å²) in [7, 11) is 3.01. The smallest absolute Gasteiger partial charge is 0.274 e. The number of aromatic amines is 1. The lowest BCUT2D eigenvalue weighted by atomic mass is 10.2. The number of carbonyl (C=O) groups is 1. The molecule has 0 aliphatic heterocycles. The lowest BCUT2D eigenvalue weighted by molar-refractivity contribution is 0.0742. The Labute approximate surface area is 161 Å². The van der Waals surface area contributed by atoms with E-state index in [0.717, 1.165) is 5.69 Å². The Morgan fingerprint density at radius 1 is 1.14 bits per heavy atom. The molecule has 9 heteroatoms. The summed E-state index contributed by atoms with van der Waals surface area (Å²) in [6.45, 7) is 4.19. The number of amides is 1. The zero-order valence-electron chi connectivity index (χ0n) is 16.1. The minimum atomic E-state index is -0.320. The van der Waals surface area contributed by atoms with Crippen molar-refractivity contribution in [1.29, 1.82) is 0 Å². The number of hydrogen-bond acceptors (Lipinski definition) is 7. The molecular formula is C19H21N5O4. The summed E-state index contributed by atoms with van der Waals surface area (Å²) < 4.78 is 10.5. The van der Waals surface area contributed by atoms with Gasteiger partial charge < -0.3 is 19.4 Å². The number of hydrogen-bond donors (Lipinski definition) is 1. The zero-order chi connectivity index (χ0) is 20.3. The number of methoxy groups -OCH3 is 2. The third kappa shape index (κ3) is 3.78. The molecule has 0 saturated carbocycles. The molecule has 0 radical (unpaired) electrons. The standard InChI is InChI=1S/C19H21N5O4/c1-5-24(19(26)14-9-20-11(2)8-21-14)10-17-22-13-7-16(28-4)15(27-3)6-12(13)18(25)23-17/h6-9H,5,10H2,1-4H3,(H,22,23,25). The maximum absolute atomic E-state index is 12.7. The Balaban J connectivity index is 1.94. The van der Waals surface area contributed by atoms with Gasteiger partial charge in [0.05, 0.1) is 43.6 Å². The Hall–Kier alpha value is -3.49. The molecule has 146 valence electrons.